The van der Waals surface area contributed by atoms with E-state index < -0.39 is 0 Å². The number of nitrogens with zero attached hydrogens (tertiary/aromatic N) is 4. The molecule has 8 nitrogen and oxygen atoms in total. The number of anilines is 3. The van der Waals surface area contributed by atoms with Crippen LogP contribution in [0.5, 0.6) is 0 Å². The monoisotopic (exact) mass is 350 g/mol. The normalized spacial score (nSPS) is 21.4. The van der Waals surface area contributed by atoms with Gasteiger partial charge < -0.3 is 16.0 Å². The molecule has 26 heavy (non-hydrogen) atoms. The number of hydrogen-bond acceptors (Lipinski definition) is 8. The van der Waals surface area contributed by atoms with Gasteiger partial charge in [-0.05, 0) is 43.8 Å². The van der Waals surface area contributed by atoms with Gasteiger partial charge in [0.25, 0.3) is 0 Å². The summed E-state index contributed by atoms with van der Waals surface area (Å²) >= 11 is 0. The minimum atomic E-state index is -0.0798. The largest absolute Gasteiger partial charge is 0.383 e. The summed E-state index contributed by atoms with van der Waals surface area (Å²) in [6.07, 6.45) is 9.42. The molecule has 0 saturated heterocycles. The molecule has 2 aliphatic heterocycles. The number of aromatic nitrogens is 3. The fourth-order valence-corrected chi connectivity index (χ4v) is 3.01. The van der Waals surface area contributed by atoms with Gasteiger partial charge in [0.15, 0.2) is 5.82 Å². The second-order valence-electron chi connectivity index (χ2n) is 6.48. The van der Waals surface area contributed by atoms with Crippen molar-refractivity contribution in [3.8, 4) is 0 Å². The van der Waals surface area contributed by atoms with Crippen molar-refractivity contribution in [3.63, 3.8) is 0 Å². The molecule has 8 heteroatoms. The highest BCUT2D eigenvalue weighted by Gasteiger charge is 2.29. The summed E-state index contributed by atoms with van der Waals surface area (Å²) in [6, 6.07) is 4.02. The first-order valence-electron chi connectivity index (χ1n) is 8.55. The minimum absolute atomic E-state index is 0.0798. The zero-order valence-electron chi connectivity index (χ0n) is 15.0. The number of nitrogens with one attached hydrogen (secondary N) is 4. The van der Waals surface area contributed by atoms with E-state index >= 15 is 0 Å². The third-order valence-corrected chi connectivity index (χ3v) is 4.39. The summed E-state index contributed by atoms with van der Waals surface area (Å²) in [6.45, 7) is 4.20. The van der Waals surface area contributed by atoms with Crippen molar-refractivity contribution in [3.05, 3.63) is 59.8 Å². The van der Waals surface area contributed by atoms with Crippen LogP contribution in [0.1, 0.15) is 25.6 Å². The maximum Gasteiger partial charge on any atom is 0.229 e. The molecule has 0 amide bonds. The first-order valence-corrected chi connectivity index (χ1v) is 8.55. The van der Waals surface area contributed by atoms with Crippen LogP contribution in [0.3, 0.4) is 0 Å². The van der Waals surface area contributed by atoms with Gasteiger partial charge in [0, 0.05) is 25.1 Å². The van der Waals surface area contributed by atoms with Crippen LogP contribution in [0.25, 0.3) is 0 Å². The van der Waals surface area contributed by atoms with Gasteiger partial charge in [0.05, 0.1) is 23.5 Å². The molecule has 0 radical (unpaired) electrons. The quantitative estimate of drug-likeness (QED) is 0.665. The first-order chi connectivity index (χ1) is 12.6. The maximum absolute atomic E-state index is 4.63. The summed E-state index contributed by atoms with van der Waals surface area (Å²) < 4.78 is 0. The molecule has 0 fully saturated rings. The maximum atomic E-state index is 4.63. The van der Waals surface area contributed by atoms with Gasteiger partial charge in [0.2, 0.25) is 5.95 Å². The van der Waals surface area contributed by atoms with Crippen LogP contribution >= 0.6 is 0 Å². The number of fused-ring (bicyclic) bond motifs is 1. The molecule has 2 aromatic rings. The zero-order chi connectivity index (χ0) is 18.1. The van der Waals surface area contributed by atoms with Gasteiger partial charge in [-0.3, -0.25) is 9.99 Å². The Morgan fingerprint density at radius 2 is 2.15 bits per heavy atom. The van der Waals surface area contributed by atoms with Crippen molar-refractivity contribution in [2.24, 2.45) is 0 Å². The molecule has 134 valence electrons. The van der Waals surface area contributed by atoms with Crippen LogP contribution in [0, 0.1) is 0 Å². The smallest absolute Gasteiger partial charge is 0.229 e. The van der Waals surface area contributed by atoms with Gasteiger partial charge in [-0.25, -0.2) is 10.4 Å². The van der Waals surface area contributed by atoms with Gasteiger partial charge in [-0.1, -0.05) is 0 Å². The predicted molar refractivity (Wildman–Crippen MR) is 101 cm³/mol. The SMILES string of the molecule is CC1=CNC(C)C(NC2NN(C)c3nc(Nc4cccnc4)ncc32)=C1. The van der Waals surface area contributed by atoms with Crippen LogP contribution in [-0.2, 0) is 0 Å². The molecule has 2 aromatic heterocycles. The Bertz CT molecular complexity index is 861. The molecule has 4 N–H and O–H groups in total. The van der Waals surface area contributed by atoms with Crippen molar-refractivity contribution in [2.45, 2.75) is 26.1 Å². The van der Waals surface area contributed by atoms with Crippen LogP contribution < -0.4 is 26.4 Å². The lowest BCUT2D eigenvalue weighted by atomic mass is 10.1. The summed E-state index contributed by atoms with van der Waals surface area (Å²) in [7, 11) is 1.95. The average Bonchev–Trinajstić information content (AvgIpc) is 2.94. The van der Waals surface area contributed by atoms with Crippen molar-refractivity contribution in [1.29, 1.82) is 0 Å². The Morgan fingerprint density at radius 3 is 2.96 bits per heavy atom. The average molecular weight is 350 g/mol. The lowest BCUT2D eigenvalue weighted by molar-refractivity contribution is 0.480. The van der Waals surface area contributed by atoms with Gasteiger partial charge in [0.1, 0.15) is 6.17 Å². The Morgan fingerprint density at radius 1 is 1.27 bits per heavy atom. The minimum Gasteiger partial charge on any atom is -0.383 e. The van der Waals surface area contributed by atoms with E-state index in [1.54, 1.807) is 12.4 Å². The van der Waals surface area contributed by atoms with Gasteiger partial charge in [-0.15, -0.1) is 0 Å². The second-order valence-corrected chi connectivity index (χ2v) is 6.48. The standard InChI is InChI=1S/C18H22N8/c1-11-7-15(12(2)20-8-11)23-16-14-10-21-18(24-17(14)26(3)25-16)22-13-5-4-6-19-9-13/h4-10,12,16,20,23,25H,1-3H3,(H,21,22,24). The molecule has 0 saturated carbocycles. The molecule has 0 aromatic carbocycles. The molecule has 4 heterocycles. The van der Waals surface area contributed by atoms with Crippen molar-refractivity contribution in [1.82, 2.24) is 31.0 Å². The highest BCUT2D eigenvalue weighted by molar-refractivity contribution is 5.58. The number of pyridine rings is 1. The summed E-state index contributed by atoms with van der Waals surface area (Å²) in [5.41, 5.74) is 7.55. The lowest BCUT2D eigenvalue weighted by Crippen LogP contribution is -2.41. The molecule has 2 atom stereocenters. The Balaban J connectivity index is 1.55. The van der Waals surface area contributed by atoms with Crippen molar-refractivity contribution in [2.75, 3.05) is 17.4 Å². The molecule has 0 aliphatic carbocycles. The van der Waals surface area contributed by atoms with Crippen LogP contribution in [0.4, 0.5) is 17.5 Å². The highest BCUT2D eigenvalue weighted by atomic mass is 15.6. The molecule has 0 spiro atoms. The molecule has 2 aliphatic rings. The van der Waals surface area contributed by atoms with E-state index in [1.807, 2.05) is 36.6 Å². The van der Waals surface area contributed by atoms with Crippen molar-refractivity contribution < 1.29 is 0 Å². The predicted octanol–water partition coefficient (Wildman–Crippen LogP) is 1.94. The molecule has 2 unspecified atom stereocenters. The fraction of sp³-hybridized carbons (Fsp3) is 0.278. The van der Waals surface area contributed by atoms with Crippen LogP contribution in [0.15, 0.2) is 54.3 Å². The molecular formula is C18H22N8. The number of dihydropyridines is 1. The van der Waals surface area contributed by atoms with E-state index in [9.17, 15) is 0 Å². The highest BCUT2D eigenvalue weighted by Crippen LogP contribution is 2.30. The summed E-state index contributed by atoms with van der Waals surface area (Å²) in [4.78, 5) is 13.2. The van der Waals surface area contributed by atoms with Gasteiger partial charge in [-0.2, -0.15) is 4.98 Å². The number of hydrazine groups is 1. The van der Waals surface area contributed by atoms with E-state index in [2.05, 4.69) is 56.3 Å². The molecular weight excluding hydrogens is 328 g/mol. The fourth-order valence-electron chi connectivity index (χ4n) is 3.01. The number of rotatable bonds is 4. The number of allylic oxidation sites excluding steroid dienone is 2. The van der Waals surface area contributed by atoms with Crippen molar-refractivity contribution >= 4 is 17.5 Å². The van der Waals surface area contributed by atoms with Crippen LogP contribution in [0.2, 0.25) is 0 Å². The third kappa shape index (κ3) is 3.18. The van der Waals surface area contributed by atoms with Crippen LogP contribution in [-0.4, -0.2) is 28.0 Å². The molecule has 4 rings (SSSR count). The van der Waals surface area contributed by atoms with Gasteiger partial charge >= 0.3 is 0 Å². The summed E-state index contributed by atoms with van der Waals surface area (Å²) in [5, 5.41) is 12.0. The van der Waals surface area contributed by atoms with E-state index in [0.29, 0.717) is 5.95 Å². The lowest BCUT2D eigenvalue weighted by Gasteiger charge is -2.26. The van der Waals surface area contributed by atoms with E-state index in [0.717, 1.165) is 22.8 Å². The van der Waals surface area contributed by atoms with E-state index in [1.165, 1.54) is 5.57 Å². The molecule has 0 bridgehead atoms. The number of hydrogen-bond donors (Lipinski definition) is 4. The second kappa shape index (κ2) is 6.64. The Labute approximate surface area is 152 Å². The first kappa shape index (κ1) is 16.3. The Hall–Kier alpha value is -3.13. The summed E-state index contributed by atoms with van der Waals surface area (Å²) in [5.74, 6) is 1.38. The topological polar surface area (TPSA) is 90.0 Å². The zero-order valence-corrected chi connectivity index (χ0v) is 15.0. The Kier molecular flexibility index (Phi) is 4.18. The van der Waals surface area contributed by atoms with E-state index in [-0.39, 0.29) is 12.2 Å². The third-order valence-electron chi connectivity index (χ3n) is 4.39. The van der Waals surface area contributed by atoms with E-state index in [4.69, 9.17) is 0 Å².